The third-order valence-corrected chi connectivity index (χ3v) is 4.14. The molecule has 0 saturated carbocycles. The summed E-state index contributed by atoms with van der Waals surface area (Å²) in [6.07, 6.45) is 0. The second-order valence-electron chi connectivity index (χ2n) is 7.34. The van der Waals surface area contributed by atoms with E-state index < -0.39 is 18.1 Å². The summed E-state index contributed by atoms with van der Waals surface area (Å²) in [6.45, 7) is 8.91. The Morgan fingerprint density at radius 2 is 1.79 bits per heavy atom. The summed E-state index contributed by atoms with van der Waals surface area (Å²) in [5.74, 6) is -0.198. The fourth-order valence-electron chi connectivity index (χ4n) is 2.45. The fourth-order valence-corrected chi connectivity index (χ4v) is 2.45. The van der Waals surface area contributed by atoms with Gasteiger partial charge in [0, 0.05) is 32.7 Å². The molecule has 0 amide bonds. The van der Waals surface area contributed by atoms with Crippen LogP contribution in [-0.4, -0.2) is 48.8 Å². The number of hydrogen-bond acceptors (Lipinski definition) is 5. The van der Waals surface area contributed by atoms with Crippen LogP contribution in [-0.2, 0) is 16.2 Å². The van der Waals surface area contributed by atoms with Crippen molar-refractivity contribution in [1.29, 1.82) is 0 Å². The van der Waals surface area contributed by atoms with Crippen LogP contribution in [0.25, 0.3) is 0 Å². The van der Waals surface area contributed by atoms with E-state index in [4.69, 9.17) is 10.6 Å². The fraction of sp³-hybridized carbons (Fsp3) is 0.611. The van der Waals surface area contributed by atoms with Crippen LogP contribution in [0.1, 0.15) is 37.9 Å². The first-order valence-electron chi connectivity index (χ1n) is 8.39. The first-order chi connectivity index (χ1) is 11.3. The van der Waals surface area contributed by atoms with Gasteiger partial charge in [0.2, 0.25) is 0 Å². The number of hydroxylamine groups is 2. The average Bonchev–Trinajstić information content (AvgIpc) is 2.55. The van der Waals surface area contributed by atoms with Gasteiger partial charge in [-0.05, 0) is 31.9 Å². The quantitative estimate of drug-likeness (QED) is 0.893. The minimum Gasteiger partial charge on any atom is -0.367 e. The Bertz CT molecular complexity index is 534. The van der Waals surface area contributed by atoms with Crippen molar-refractivity contribution in [1.82, 2.24) is 9.96 Å². The monoisotopic (exact) mass is 337 g/mol. The number of halogens is 1. The van der Waals surface area contributed by atoms with E-state index in [2.05, 4.69) is 4.90 Å². The molecule has 0 bridgehead atoms. The molecule has 2 rings (SSSR count). The second kappa shape index (κ2) is 8.05. The third kappa shape index (κ3) is 5.26. The van der Waals surface area contributed by atoms with Crippen LogP contribution < -0.4 is 5.73 Å². The Kier molecular flexibility index (Phi) is 6.32. The van der Waals surface area contributed by atoms with E-state index in [1.165, 1.54) is 5.56 Å². The van der Waals surface area contributed by atoms with Gasteiger partial charge in [0.05, 0.1) is 11.5 Å². The number of benzene rings is 1. The van der Waals surface area contributed by atoms with Crippen molar-refractivity contribution < 1.29 is 14.0 Å². The highest BCUT2D eigenvalue weighted by Gasteiger charge is 2.27. The molecule has 1 aromatic rings. The molecule has 5 nitrogen and oxygen atoms in total. The van der Waals surface area contributed by atoms with E-state index in [-0.39, 0.29) is 5.97 Å². The molecule has 2 N–H and O–H groups in total. The summed E-state index contributed by atoms with van der Waals surface area (Å²) in [5.41, 5.74) is 7.19. The highest BCUT2D eigenvalue weighted by Crippen LogP contribution is 2.18. The number of rotatable bonds is 5. The van der Waals surface area contributed by atoms with Gasteiger partial charge in [-0.1, -0.05) is 24.3 Å². The maximum atomic E-state index is 12.6. The molecule has 0 radical (unpaired) electrons. The molecule has 1 heterocycles. The molecule has 24 heavy (non-hydrogen) atoms. The van der Waals surface area contributed by atoms with Crippen LogP contribution in [0.3, 0.4) is 0 Å². The summed E-state index contributed by atoms with van der Waals surface area (Å²) < 4.78 is 12.6. The molecule has 134 valence electrons. The van der Waals surface area contributed by atoms with Crippen LogP contribution in [0.5, 0.6) is 0 Å². The van der Waals surface area contributed by atoms with Crippen molar-refractivity contribution in [2.75, 3.05) is 32.9 Å². The standard InChI is InChI=1S/C18H28FN3O2/c1-18(2,3)17(23)24-22-10-8-21(9-11-22)13-14-4-6-15(7-5-14)16(20)12-19/h4-7,16H,8-13,20H2,1-3H3. The van der Waals surface area contributed by atoms with E-state index >= 15 is 0 Å². The number of piperazine rings is 1. The zero-order chi connectivity index (χ0) is 17.7. The largest absolute Gasteiger partial charge is 0.367 e. The minimum atomic E-state index is -0.547. The van der Waals surface area contributed by atoms with Crippen molar-refractivity contribution in [2.24, 2.45) is 11.1 Å². The number of nitrogens with two attached hydrogens (primary N) is 1. The topological polar surface area (TPSA) is 58.8 Å². The molecule has 6 heteroatoms. The van der Waals surface area contributed by atoms with Gasteiger partial charge in [0.25, 0.3) is 0 Å². The predicted octanol–water partition coefficient (Wildman–Crippen LogP) is 2.28. The Labute approximate surface area is 143 Å². The maximum Gasteiger partial charge on any atom is 0.330 e. The normalized spacial score (nSPS) is 18.4. The van der Waals surface area contributed by atoms with E-state index in [0.29, 0.717) is 13.1 Å². The van der Waals surface area contributed by atoms with Crippen LogP contribution >= 0.6 is 0 Å². The molecular weight excluding hydrogens is 309 g/mol. The molecule has 0 aliphatic carbocycles. The summed E-state index contributed by atoms with van der Waals surface area (Å²) in [4.78, 5) is 19.6. The van der Waals surface area contributed by atoms with Gasteiger partial charge < -0.3 is 10.6 Å². The van der Waals surface area contributed by atoms with Gasteiger partial charge in [-0.3, -0.25) is 4.90 Å². The Balaban J connectivity index is 1.80. The zero-order valence-electron chi connectivity index (χ0n) is 14.8. The molecule has 1 saturated heterocycles. The SMILES string of the molecule is CC(C)(C)C(=O)ON1CCN(Cc2ccc(C(N)CF)cc2)CC1. The van der Waals surface area contributed by atoms with Gasteiger partial charge >= 0.3 is 5.97 Å². The second-order valence-corrected chi connectivity index (χ2v) is 7.34. The third-order valence-electron chi connectivity index (χ3n) is 4.14. The van der Waals surface area contributed by atoms with Gasteiger partial charge in [0.1, 0.15) is 6.67 Å². The lowest BCUT2D eigenvalue weighted by molar-refractivity contribution is -0.207. The van der Waals surface area contributed by atoms with Crippen LogP contribution in [0.4, 0.5) is 4.39 Å². The molecule has 0 spiro atoms. The zero-order valence-corrected chi connectivity index (χ0v) is 14.8. The number of carbonyl (C=O) groups is 1. The molecular formula is C18H28FN3O2. The first-order valence-corrected chi connectivity index (χ1v) is 8.39. The maximum absolute atomic E-state index is 12.6. The number of carbonyl (C=O) groups excluding carboxylic acids is 1. The van der Waals surface area contributed by atoms with E-state index in [0.717, 1.165) is 25.2 Å². The van der Waals surface area contributed by atoms with Crippen molar-refractivity contribution >= 4 is 5.97 Å². The predicted molar refractivity (Wildman–Crippen MR) is 91.7 cm³/mol. The molecule has 1 aliphatic heterocycles. The number of hydrogen-bond donors (Lipinski definition) is 1. The van der Waals surface area contributed by atoms with E-state index in [1.54, 1.807) is 5.06 Å². The lowest BCUT2D eigenvalue weighted by atomic mass is 9.98. The molecule has 1 aliphatic rings. The summed E-state index contributed by atoms with van der Waals surface area (Å²) in [7, 11) is 0. The van der Waals surface area contributed by atoms with Gasteiger partial charge in [-0.25, -0.2) is 9.18 Å². The average molecular weight is 337 g/mol. The van der Waals surface area contributed by atoms with Crippen molar-refractivity contribution in [2.45, 2.75) is 33.4 Å². The van der Waals surface area contributed by atoms with Gasteiger partial charge in [0.15, 0.2) is 0 Å². The summed E-state index contributed by atoms with van der Waals surface area (Å²) in [5, 5.41) is 1.74. The Hall–Kier alpha value is -1.50. The number of alkyl halides is 1. The molecule has 1 aromatic carbocycles. The molecule has 1 unspecified atom stereocenters. The van der Waals surface area contributed by atoms with Crippen LogP contribution in [0.2, 0.25) is 0 Å². The molecule has 1 atom stereocenters. The van der Waals surface area contributed by atoms with Crippen molar-refractivity contribution in [3.8, 4) is 0 Å². The van der Waals surface area contributed by atoms with Crippen LogP contribution in [0, 0.1) is 5.41 Å². The first kappa shape index (κ1) is 18.8. The minimum absolute atomic E-state index is 0.198. The highest BCUT2D eigenvalue weighted by atomic mass is 19.1. The lowest BCUT2D eigenvalue weighted by Crippen LogP contribution is -2.47. The Morgan fingerprint density at radius 3 is 2.29 bits per heavy atom. The van der Waals surface area contributed by atoms with Gasteiger partial charge in [-0.2, -0.15) is 0 Å². The smallest absolute Gasteiger partial charge is 0.330 e. The summed E-state index contributed by atoms with van der Waals surface area (Å²) >= 11 is 0. The Morgan fingerprint density at radius 1 is 1.21 bits per heavy atom. The lowest BCUT2D eigenvalue weighted by Gasteiger charge is -2.34. The van der Waals surface area contributed by atoms with Gasteiger partial charge in [-0.15, -0.1) is 5.06 Å². The van der Waals surface area contributed by atoms with Crippen LogP contribution in [0.15, 0.2) is 24.3 Å². The van der Waals surface area contributed by atoms with Crippen molar-refractivity contribution in [3.63, 3.8) is 0 Å². The van der Waals surface area contributed by atoms with E-state index in [1.807, 2.05) is 45.0 Å². The number of nitrogens with zero attached hydrogens (tertiary/aromatic N) is 2. The molecule has 1 fully saturated rings. The summed E-state index contributed by atoms with van der Waals surface area (Å²) in [6, 6.07) is 7.23. The van der Waals surface area contributed by atoms with Crippen molar-refractivity contribution in [3.05, 3.63) is 35.4 Å². The molecule has 0 aromatic heterocycles. The van der Waals surface area contributed by atoms with E-state index in [9.17, 15) is 9.18 Å². The highest BCUT2D eigenvalue weighted by molar-refractivity contribution is 5.75.